The molecule has 27 heavy (non-hydrogen) atoms. The molecule has 1 amide bonds. The number of halogens is 3. The molecule has 0 aliphatic rings. The summed E-state index contributed by atoms with van der Waals surface area (Å²) in [6.07, 6.45) is -1.80. The molecule has 1 heterocycles. The quantitative estimate of drug-likeness (QED) is 0.619. The summed E-state index contributed by atoms with van der Waals surface area (Å²) in [7, 11) is -3.97. The Hall–Kier alpha value is -2.60. The van der Waals surface area contributed by atoms with Crippen molar-refractivity contribution in [1.29, 1.82) is 0 Å². The van der Waals surface area contributed by atoms with Crippen molar-refractivity contribution in [3.05, 3.63) is 42.2 Å². The molecule has 0 unspecified atom stereocenters. The molecule has 1 aromatic carbocycles. The van der Waals surface area contributed by atoms with Gasteiger partial charge in [0.05, 0.1) is 17.1 Å². The van der Waals surface area contributed by atoms with Crippen LogP contribution in [0, 0.1) is 0 Å². The molecule has 0 saturated carbocycles. The van der Waals surface area contributed by atoms with E-state index in [0.717, 1.165) is 29.8 Å². The van der Waals surface area contributed by atoms with Crippen LogP contribution in [0.2, 0.25) is 0 Å². The van der Waals surface area contributed by atoms with Gasteiger partial charge >= 0.3 is 6.36 Å². The van der Waals surface area contributed by atoms with Crippen LogP contribution in [0.4, 0.5) is 13.2 Å². The summed E-state index contributed by atoms with van der Waals surface area (Å²) in [6, 6.07) is 3.44. The number of rotatable bonds is 8. The highest BCUT2D eigenvalue weighted by Gasteiger charge is 2.31. The highest BCUT2D eigenvalue weighted by atomic mass is 32.2. The molecule has 3 N–H and O–H groups in total. The SMILES string of the molecule is C[C@H](NC(=O)CCNS(=O)(=O)c1ccc(OC(F)(F)F)cc1)c1cn[nH]c1. The number of alkyl halides is 3. The van der Waals surface area contributed by atoms with Gasteiger partial charge in [-0.3, -0.25) is 9.89 Å². The average molecular weight is 406 g/mol. The highest BCUT2D eigenvalue weighted by Crippen LogP contribution is 2.23. The van der Waals surface area contributed by atoms with Gasteiger partial charge in [0.2, 0.25) is 15.9 Å². The maximum Gasteiger partial charge on any atom is 0.573 e. The van der Waals surface area contributed by atoms with E-state index in [0.29, 0.717) is 0 Å². The van der Waals surface area contributed by atoms with Crippen molar-refractivity contribution in [2.45, 2.75) is 30.6 Å². The molecule has 1 atom stereocenters. The maximum atomic E-state index is 12.1. The first kappa shape index (κ1) is 20.7. The van der Waals surface area contributed by atoms with Gasteiger partial charge in [0.1, 0.15) is 5.75 Å². The van der Waals surface area contributed by atoms with Crippen molar-refractivity contribution in [3.8, 4) is 5.75 Å². The number of nitrogens with zero attached hydrogens (tertiary/aromatic N) is 1. The van der Waals surface area contributed by atoms with Gasteiger partial charge in [0.25, 0.3) is 0 Å². The Morgan fingerprint density at radius 2 is 1.96 bits per heavy atom. The fourth-order valence-corrected chi connectivity index (χ4v) is 3.13. The third-order valence-corrected chi connectivity index (χ3v) is 4.89. The van der Waals surface area contributed by atoms with Gasteiger partial charge < -0.3 is 10.1 Å². The molecule has 0 bridgehead atoms. The van der Waals surface area contributed by atoms with Crippen LogP contribution in [-0.4, -0.2) is 37.4 Å². The molecule has 0 spiro atoms. The van der Waals surface area contributed by atoms with Gasteiger partial charge in [0, 0.05) is 24.7 Å². The molecule has 2 aromatic rings. The summed E-state index contributed by atoms with van der Waals surface area (Å²) in [5, 5.41) is 9.06. The first-order chi connectivity index (χ1) is 12.6. The largest absolute Gasteiger partial charge is 0.573 e. The highest BCUT2D eigenvalue weighted by molar-refractivity contribution is 7.89. The Morgan fingerprint density at radius 3 is 2.52 bits per heavy atom. The van der Waals surface area contributed by atoms with Gasteiger partial charge in [-0.15, -0.1) is 13.2 Å². The summed E-state index contributed by atoms with van der Waals surface area (Å²) in [4.78, 5) is 11.6. The average Bonchev–Trinajstić information content (AvgIpc) is 3.08. The van der Waals surface area contributed by atoms with Gasteiger partial charge in [0.15, 0.2) is 0 Å². The lowest BCUT2D eigenvalue weighted by atomic mass is 10.2. The minimum atomic E-state index is -4.86. The van der Waals surface area contributed by atoms with Crippen molar-refractivity contribution < 1.29 is 31.1 Å². The summed E-state index contributed by atoms with van der Waals surface area (Å²) in [6.45, 7) is 1.57. The molecular formula is C15H17F3N4O4S. The maximum absolute atomic E-state index is 12.1. The molecule has 0 aliphatic heterocycles. The lowest BCUT2D eigenvalue weighted by Gasteiger charge is -2.12. The van der Waals surface area contributed by atoms with Crippen LogP contribution in [0.25, 0.3) is 0 Å². The van der Waals surface area contributed by atoms with E-state index in [1.165, 1.54) is 0 Å². The van der Waals surface area contributed by atoms with Crippen LogP contribution in [0.5, 0.6) is 5.75 Å². The molecular weight excluding hydrogens is 389 g/mol. The van der Waals surface area contributed by atoms with E-state index in [4.69, 9.17) is 0 Å². The monoisotopic (exact) mass is 406 g/mol. The van der Waals surface area contributed by atoms with Gasteiger partial charge in [-0.25, -0.2) is 13.1 Å². The molecule has 2 rings (SSSR count). The zero-order valence-electron chi connectivity index (χ0n) is 14.1. The number of sulfonamides is 1. The number of benzene rings is 1. The molecule has 0 aliphatic carbocycles. The van der Waals surface area contributed by atoms with Crippen LogP contribution in [0.3, 0.4) is 0 Å². The zero-order valence-corrected chi connectivity index (χ0v) is 14.9. The zero-order chi connectivity index (χ0) is 20.1. The Kier molecular flexibility index (Phi) is 6.44. The number of carbonyl (C=O) groups is 1. The summed E-state index contributed by atoms with van der Waals surface area (Å²) in [5.74, 6) is -0.908. The van der Waals surface area contributed by atoms with E-state index in [-0.39, 0.29) is 29.8 Å². The number of ether oxygens (including phenoxy) is 1. The van der Waals surface area contributed by atoms with E-state index in [1.54, 1.807) is 19.3 Å². The third-order valence-electron chi connectivity index (χ3n) is 3.41. The Labute approximate surface area is 153 Å². The van der Waals surface area contributed by atoms with Crippen LogP contribution in [0.1, 0.15) is 24.9 Å². The van der Waals surface area contributed by atoms with Crippen molar-refractivity contribution in [2.24, 2.45) is 0 Å². The van der Waals surface area contributed by atoms with E-state index in [1.807, 2.05) is 0 Å². The molecule has 148 valence electrons. The number of H-pyrrole nitrogens is 1. The van der Waals surface area contributed by atoms with E-state index < -0.39 is 22.1 Å². The van der Waals surface area contributed by atoms with Crippen LogP contribution in [0.15, 0.2) is 41.6 Å². The second-order valence-electron chi connectivity index (χ2n) is 5.49. The fraction of sp³-hybridized carbons (Fsp3) is 0.333. The number of carbonyl (C=O) groups excluding carboxylic acids is 1. The Balaban J connectivity index is 1.84. The van der Waals surface area contributed by atoms with E-state index in [9.17, 15) is 26.4 Å². The van der Waals surface area contributed by atoms with Crippen molar-refractivity contribution in [2.75, 3.05) is 6.54 Å². The van der Waals surface area contributed by atoms with E-state index in [2.05, 4.69) is 25.0 Å². The first-order valence-corrected chi connectivity index (χ1v) is 9.19. The number of hydrogen-bond donors (Lipinski definition) is 3. The number of nitrogens with one attached hydrogen (secondary N) is 3. The molecule has 0 fully saturated rings. The van der Waals surface area contributed by atoms with Crippen molar-refractivity contribution in [3.63, 3.8) is 0 Å². The van der Waals surface area contributed by atoms with Gasteiger partial charge in [-0.2, -0.15) is 5.10 Å². The summed E-state index contributed by atoms with van der Waals surface area (Å²) in [5.41, 5.74) is 0.769. The second-order valence-corrected chi connectivity index (χ2v) is 7.25. The van der Waals surface area contributed by atoms with Crippen LogP contribution < -0.4 is 14.8 Å². The molecule has 1 aromatic heterocycles. The summed E-state index contributed by atoms with van der Waals surface area (Å²) >= 11 is 0. The summed E-state index contributed by atoms with van der Waals surface area (Å²) < 4.78 is 66.4. The first-order valence-electron chi connectivity index (χ1n) is 7.70. The number of hydrogen-bond acceptors (Lipinski definition) is 5. The Bertz CT molecular complexity index is 852. The minimum Gasteiger partial charge on any atom is -0.406 e. The number of aromatic nitrogens is 2. The standard InChI is InChI=1S/C15H17F3N4O4S/c1-10(11-8-19-20-9-11)22-14(23)6-7-21-27(24,25)13-4-2-12(3-5-13)26-15(16,17)18/h2-5,8-10,21H,6-7H2,1H3,(H,19,20)(H,22,23)/t10-/m0/s1. The topological polar surface area (TPSA) is 113 Å². The molecule has 0 saturated heterocycles. The minimum absolute atomic E-state index is 0.114. The normalized spacial score (nSPS) is 13.2. The third kappa shape index (κ3) is 6.57. The van der Waals surface area contributed by atoms with Gasteiger partial charge in [-0.1, -0.05) is 0 Å². The molecule has 8 nitrogen and oxygen atoms in total. The smallest absolute Gasteiger partial charge is 0.406 e. The number of aromatic amines is 1. The number of amides is 1. The van der Waals surface area contributed by atoms with Crippen molar-refractivity contribution in [1.82, 2.24) is 20.2 Å². The predicted octanol–water partition coefficient (Wildman–Crippen LogP) is 1.85. The lowest BCUT2D eigenvalue weighted by molar-refractivity contribution is -0.274. The van der Waals surface area contributed by atoms with Crippen LogP contribution in [-0.2, 0) is 14.8 Å². The van der Waals surface area contributed by atoms with Crippen molar-refractivity contribution >= 4 is 15.9 Å². The molecule has 12 heteroatoms. The predicted molar refractivity (Wildman–Crippen MR) is 88.1 cm³/mol. The van der Waals surface area contributed by atoms with E-state index >= 15 is 0 Å². The Morgan fingerprint density at radius 1 is 1.30 bits per heavy atom. The molecule has 0 radical (unpaired) electrons. The van der Waals surface area contributed by atoms with Crippen LogP contribution >= 0.6 is 0 Å². The van der Waals surface area contributed by atoms with Gasteiger partial charge in [-0.05, 0) is 31.2 Å². The fourth-order valence-electron chi connectivity index (χ4n) is 2.10. The lowest BCUT2D eigenvalue weighted by Crippen LogP contribution is -2.32. The second kappa shape index (κ2) is 8.39.